The number of hydrogen-bond acceptors (Lipinski definition) is 3. The molecule has 0 saturated heterocycles. The van der Waals surface area contributed by atoms with Crippen molar-refractivity contribution in [2.75, 3.05) is 13.6 Å². The van der Waals surface area contributed by atoms with Crippen molar-refractivity contribution in [3.8, 4) is 0 Å². The first kappa shape index (κ1) is 19.4. The van der Waals surface area contributed by atoms with E-state index in [2.05, 4.69) is 4.72 Å². The van der Waals surface area contributed by atoms with Crippen molar-refractivity contribution in [1.29, 1.82) is 0 Å². The maximum absolute atomic E-state index is 12.2. The van der Waals surface area contributed by atoms with Gasteiger partial charge in [0.05, 0.1) is 11.3 Å². The molecule has 0 aromatic heterocycles. The largest absolute Gasteiger partial charge is 0.390 e. The van der Waals surface area contributed by atoms with Gasteiger partial charge in [0.15, 0.2) is 0 Å². The van der Waals surface area contributed by atoms with E-state index in [0.717, 1.165) is 11.0 Å². The number of nitrogens with one attached hydrogen (secondary N) is 1. The lowest BCUT2D eigenvalue weighted by Crippen LogP contribution is -2.32. The van der Waals surface area contributed by atoms with Crippen LogP contribution in [0.2, 0.25) is 0 Å². The minimum atomic E-state index is -4.36. The molecule has 1 rings (SSSR count). The van der Waals surface area contributed by atoms with Crippen molar-refractivity contribution in [3.05, 3.63) is 29.8 Å². The summed E-state index contributed by atoms with van der Waals surface area (Å²) in [5.41, 5.74) is 0.0151. The van der Waals surface area contributed by atoms with E-state index in [4.69, 9.17) is 0 Å². The third kappa shape index (κ3) is 6.19. The van der Waals surface area contributed by atoms with E-state index in [0.29, 0.717) is 0 Å². The fourth-order valence-corrected chi connectivity index (χ4v) is 3.09. The van der Waals surface area contributed by atoms with Gasteiger partial charge in [-0.1, -0.05) is 6.07 Å². The van der Waals surface area contributed by atoms with E-state index in [9.17, 15) is 26.4 Å². The van der Waals surface area contributed by atoms with E-state index in [1.165, 1.54) is 25.2 Å². The zero-order valence-corrected chi connectivity index (χ0v) is 13.8. The van der Waals surface area contributed by atoms with Gasteiger partial charge in [-0.25, -0.2) is 13.1 Å². The highest BCUT2D eigenvalue weighted by molar-refractivity contribution is 7.89. The second kappa shape index (κ2) is 7.31. The lowest BCUT2D eigenvalue weighted by Gasteiger charge is -2.18. The standard InChI is InChI=1S/C14H19F3N2O3S/c1-10(2)18-23(21,22)12-6-4-5-11(9-12)13(20)19(3)8-7-14(15,16)17/h4-6,9-10,18H,7-8H2,1-3H3. The van der Waals surface area contributed by atoms with Crippen LogP contribution >= 0.6 is 0 Å². The van der Waals surface area contributed by atoms with E-state index in [1.807, 2.05) is 0 Å². The number of benzene rings is 1. The van der Waals surface area contributed by atoms with Gasteiger partial charge in [-0.05, 0) is 32.0 Å². The zero-order chi connectivity index (χ0) is 17.8. The Kier molecular flexibility index (Phi) is 6.18. The Morgan fingerprint density at radius 2 is 1.91 bits per heavy atom. The van der Waals surface area contributed by atoms with Gasteiger partial charge in [-0.15, -0.1) is 0 Å². The molecule has 0 atom stereocenters. The van der Waals surface area contributed by atoms with Gasteiger partial charge < -0.3 is 4.90 Å². The highest BCUT2D eigenvalue weighted by Gasteiger charge is 2.28. The predicted molar refractivity (Wildman–Crippen MR) is 79.5 cm³/mol. The van der Waals surface area contributed by atoms with Gasteiger partial charge in [0.2, 0.25) is 10.0 Å². The van der Waals surface area contributed by atoms with E-state index in [1.54, 1.807) is 13.8 Å². The molecule has 0 aliphatic rings. The topological polar surface area (TPSA) is 66.5 Å². The summed E-state index contributed by atoms with van der Waals surface area (Å²) < 4.78 is 63.1. The molecule has 0 bridgehead atoms. The quantitative estimate of drug-likeness (QED) is 0.855. The van der Waals surface area contributed by atoms with Gasteiger partial charge >= 0.3 is 6.18 Å². The number of carbonyl (C=O) groups is 1. The summed E-state index contributed by atoms with van der Waals surface area (Å²) in [4.78, 5) is 12.9. The summed E-state index contributed by atoms with van der Waals surface area (Å²) in [5, 5.41) is 0. The second-order valence-electron chi connectivity index (χ2n) is 5.40. The first-order valence-electron chi connectivity index (χ1n) is 6.87. The Morgan fingerprint density at radius 1 is 1.30 bits per heavy atom. The Balaban J connectivity index is 2.94. The molecule has 0 radical (unpaired) electrons. The van der Waals surface area contributed by atoms with Crippen molar-refractivity contribution in [2.45, 2.75) is 37.4 Å². The van der Waals surface area contributed by atoms with Crippen LogP contribution < -0.4 is 4.72 Å². The third-order valence-electron chi connectivity index (χ3n) is 2.86. The Morgan fingerprint density at radius 3 is 2.43 bits per heavy atom. The molecular formula is C14H19F3N2O3S. The number of rotatable bonds is 6. The van der Waals surface area contributed by atoms with E-state index < -0.39 is 35.1 Å². The van der Waals surface area contributed by atoms with Crippen LogP contribution in [0.25, 0.3) is 0 Å². The van der Waals surface area contributed by atoms with Crippen LogP contribution in [0.15, 0.2) is 29.2 Å². The van der Waals surface area contributed by atoms with E-state index in [-0.39, 0.29) is 16.5 Å². The minimum Gasteiger partial charge on any atom is -0.341 e. The molecule has 0 aliphatic carbocycles. The average molecular weight is 352 g/mol. The van der Waals surface area contributed by atoms with Crippen LogP contribution in [0.4, 0.5) is 13.2 Å². The lowest BCUT2D eigenvalue weighted by molar-refractivity contribution is -0.136. The number of amides is 1. The molecule has 1 amide bonds. The number of hydrogen-bond donors (Lipinski definition) is 1. The van der Waals surface area contributed by atoms with Crippen LogP contribution in [0.5, 0.6) is 0 Å². The summed E-state index contributed by atoms with van der Waals surface area (Å²) in [6, 6.07) is 4.88. The van der Waals surface area contributed by atoms with Gasteiger partial charge in [0.25, 0.3) is 5.91 Å². The number of halogens is 3. The fourth-order valence-electron chi connectivity index (χ4n) is 1.79. The maximum Gasteiger partial charge on any atom is 0.390 e. The Hall–Kier alpha value is -1.61. The third-order valence-corrected chi connectivity index (χ3v) is 4.52. The molecule has 0 aliphatic heterocycles. The van der Waals surface area contributed by atoms with Crippen molar-refractivity contribution < 1.29 is 26.4 Å². The SMILES string of the molecule is CC(C)NS(=O)(=O)c1cccc(C(=O)N(C)CCC(F)(F)F)c1. The highest BCUT2D eigenvalue weighted by atomic mass is 32.2. The van der Waals surface area contributed by atoms with Gasteiger partial charge in [0, 0.05) is 25.2 Å². The van der Waals surface area contributed by atoms with Crippen molar-refractivity contribution in [3.63, 3.8) is 0 Å². The molecule has 0 spiro atoms. The molecule has 130 valence electrons. The highest BCUT2D eigenvalue weighted by Crippen LogP contribution is 2.20. The first-order valence-corrected chi connectivity index (χ1v) is 8.35. The number of carbonyl (C=O) groups excluding carboxylic acids is 1. The van der Waals surface area contributed by atoms with Crippen LogP contribution in [0, 0.1) is 0 Å². The average Bonchev–Trinajstić information content (AvgIpc) is 2.42. The molecule has 1 N–H and O–H groups in total. The monoisotopic (exact) mass is 352 g/mol. The van der Waals surface area contributed by atoms with Gasteiger partial charge in [-0.3, -0.25) is 4.79 Å². The molecular weight excluding hydrogens is 333 g/mol. The first-order chi connectivity index (χ1) is 10.4. The normalized spacial score (nSPS) is 12.5. The maximum atomic E-state index is 12.2. The lowest BCUT2D eigenvalue weighted by atomic mass is 10.2. The number of alkyl halides is 3. The van der Waals surface area contributed by atoms with Crippen LogP contribution in [0.3, 0.4) is 0 Å². The molecule has 1 aromatic rings. The van der Waals surface area contributed by atoms with Crippen molar-refractivity contribution in [1.82, 2.24) is 9.62 Å². The predicted octanol–water partition coefficient (Wildman–Crippen LogP) is 2.40. The minimum absolute atomic E-state index is 0.0151. The van der Waals surface area contributed by atoms with Crippen molar-refractivity contribution >= 4 is 15.9 Å². The molecule has 5 nitrogen and oxygen atoms in total. The van der Waals surface area contributed by atoms with Crippen molar-refractivity contribution in [2.24, 2.45) is 0 Å². The summed E-state index contributed by atoms with van der Waals surface area (Å²) in [6.45, 7) is 2.80. The van der Waals surface area contributed by atoms with Crippen LogP contribution in [-0.2, 0) is 10.0 Å². The molecule has 1 aromatic carbocycles. The smallest absolute Gasteiger partial charge is 0.341 e. The Bertz CT molecular complexity index is 657. The summed E-state index contributed by atoms with van der Waals surface area (Å²) in [5.74, 6) is -0.671. The molecule has 9 heteroatoms. The molecule has 0 unspecified atom stereocenters. The Labute approximate surface area is 133 Å². The van der Waals surface area contributed by atoms with Gasteiger partial charge in [-0.2, -0.15) is 13.2 Å². The zero-order valence-electron chi connectivity index (χ0n) is 13.0. The molecule has 0 heterocycles. The van der Waals surface area contributed by atoms with Crippen LogP contribution in [-0.4, -0.2) is 45.0 Å². The fraction of sp³-hybridized carbons (Fsp3) is 0.500. The molecule has 0 fully saturated rings. The van der Waals surface area contributed by atoms with E-state index >= 15 is 0 Å². The van der Waals surface area contributed by atoms with Crippen LogP contribution in [0.1, 0.15) is 30.6 Å². The summed E-state index contributed by atoms with van der Waals surface area (Å²) in [7, 11) is -2.54. The molecule has 23 heavy (non-hydrogen) atoms. The number of sulfonamides is 1. The van der Waals surface area contributed by atoms with Gasteiger partial charge in [0.1, 0.15) is 0 Å². The second-order valence-corrected chi connectivity index (χ2v) is 7.11. The summed E-state index contributed by atoms with van der Waals surface area (Å²) in [6.07, 6.45) is -5.48. The number of nitrogens with zero attached hydrogens (tertiary/aromatic N) is 1. The summed E-state index contributed by atoms with van der Waals surface area (Å²) >= 11 is 0. The molecule has 0 saturated carbocycles.